The van der Waals surface area contributed by atoms with Gasteiger partial charge in [0, 0.05) is 12.2 Å². The van der Waals surface area contributed by atoms with E-state index < -0.39 is 5.97 Å². The van der Waals surface area contributed by atoms with Gasteiger partial charge in [-0.15, -0.1) is 10.2 Å². The Balaban J connectivity index is 2.04. The van der Waals surface area contributed by atoms with E-state index >= 15 is 0 Å². The molecule has 0 fully saturated rings. The Labute approximate surface area is 140 Å². The van der Waals surface area contributed by atoms with E-state index in [1.165, 1.54) is 7.11 Å². The van der Waals surface area contributed by atoms with Crippen LogP contribution in [0.2, 0.25) is 0 Å². The van der Waals surface area contributed by atoms with Crippen molar-refractivity contribution in [1.82, 2.24) is 15.5 Å². The number of hydrogen-bond acceptors (Lipinski definition) is 6. The zero-order valence-corrected chi connectivity index (χ0v) is 13.9. The molecule has 2 aromatic rings. The van der Waals surface area contributed by atoms with Crippen molar-refractivity contribution in [3.05, 3.63) is 47.7 Å². The molecule has 1 aromatic carbocycles. The number of amides is 1. The summed E-state index contributed by atoms with van der Waals surface area (Å²) in [4.78, 5) is 23.4. The zero-order chi connectivity index (χ0) is 17.5. The van der Waals surface area contributed by atoms with Gasteiger partial charge in [0.15, 0.2) is 11.5 Å². The van der Waals surface area contributed by atoms with Crippen molar-refractivity contribution in [1.29, 1.82) is 0 Å². The van der Waals surface area contributed by atoms with Gasteiger partial charge < -0.3 is 15.4 Å². The number of hydrogen-bond donors (Lipinski definition) is 2. The maximum atomic E-state index is 11.9. The van der Waals surface area contributed by atoms with E-state index in [1.807, 2.05) is 13.8 Å². The van der Waals surface area contributed by atoms with Crippen LogP contribution in [0, 0.1) is 5.92 Å². The maximum absolute atomic E-state index is 11.9. The fraction of sp³-hybridized carbons (Fsp3) is 0.294. The average Bonchev–Trinajstić information content (AvgIpc) is 2.59. The van der Waals surface area contributed by atoms with Crippen LogP contribution in [0.1, 0.15) is 34.7 Å². The lowest BCUT2D eigenvalue weighted by molar-refractivity contribution is 0.0600. The van der Waals surface area contributed by atoms with Gasteiger partial charge in [-0.25, -0.2) is 4.79 Å². The van der Waals surface area contributed by atoms with E-state index in [4.69, 9.17) is 0 Å². The van der Waals surface area contributed by atoms with Crippen LogP contribution in [0.25, 0.3) is 0 Å². The van der Waals surface area contributed by atoms with E-state index in [9.17, 15) is 9.59 Å². The fourth-order valence-electron chi connectivity index (χ4n) is 1.90. The van der Waals surface area contributed by atoms with E-state index in [0.29, 0.717) is 29.5 Å². The van der Waals surface area contributed by atoms with Gasteiger partial charge in [0.05, 0.1) is 12.7 Å². The number of carbonyl (C=O) groups excluding carboxylic acids is 2. The van der Waals surface area contributed by atoms with Crippen molar-refractivity contribution in [2.75, 3.05) is 19.0 Å². The number of aromatic nitrogens is 2. The number of nitrogens with one attached hydrogen (secondary N) is 2. The van der Waals surface area contributed by atoms with Crippen molar-refractivity contribution < 1.29 is 14.3 Å². The molecule has 0 aliphatic carbocycles. The smallest absolute Gasteiger partial charge is 0.337 e. The number of methoxy groups -OCH3 is 1. The molecule has 0 atom stereocenters. The molecular weight excluding hydrogens is 308 g/mol. The molecule has 0 saturated heterocycles. The summed E-state index contributed by atoms with van der Waals surface area (Å²) < 4.78 is 4.68. The summed E-state index contributed by atoms with van der Waals surface area (Å²) in [5.41, 5.74) is 1.36. The molecule has 2 rings (SSSR count). The molecule has 1 heterocycles. The molecule has 24 heavy (non-hydrogen) atoms. The Bertz CT molecular complexity index is 714. The Morgan fingerprint density at radius 2 is 1.96 bits per heavy atom. The minimum absolute atomic E-state index is 0.254. The van der Waals surface area contributed by atoms with Crippen LogP contribution in [0.3, 0.4) is 0 Å². The highest BCUT2D eigenvalue weighted by Gasteiger charge is 2.09. The van der Waals surface area contributed by atoms with Crippen LogP contribution in [-0.2, 0) is 4.74 Å². The van der Waals surface area contributed by atoms with E-state index in [-0.39, 0.29) is 11.6 Å². The second-order valence-electron chi connectivity index (χ2n) is 5.61. The normalized spacial score (nSPS) is 10.3. The molecule has 0 aliphatic rings. The summed E-state index contributed by atoms with van der Waals surface area (Å²) in [5, 5.41) is 13.7. The van der Waals surface area contributed by atoms with Crippen molar-refractivity contribution >= 4 is 23.4 Å². The summed E-state index contributed by atoms with van der Waals surface area (Å²) in [6, 6.07) is 10.1. The number of rotatable bonds is 6. The van der Waals surface area contributed by atoms with Gasteiger partial charge in [0.1, 0.15) is 0 Å². The largest absolute Gasteiger partial charge is 0.465 e. The van der Waals surface area contributed by atoms with Crippen LogP contribution in [0.15, 0.2) is 36.4 Å². The van der Waals surface area contributed by atoms with Gasteiger partial charge in [0.25, 0.3) is 5.91 Å². The fourth-order valence-corrected chi connectivity index (χ4v) is 1.90. The van der Waals surface area contributed by atoms with Gasteiger partial charge in [0.2, 0.25) is 0 Å². The molecule has 0 spiro atoms. The highest BCUT2D eigenvalue weighted by atomic mass is 16.5. The monoisotopic (exact) mass is 328 g/mol. The summed E-state index contributed by atoms with van der Waals surface area (Å²) in [7, 11) is 1.33. The predicted molar refractivity (Wildman–Crippen MR) is 90.3 cm³/mol. The minimum atomic E-state index is -0.415. The predicted octanol–water partition coefficient (Wildman–Crippen LogP) is 2.39. The summed E-state index contributed by atoms with van der Waals surface area (Å²) >= 11 is 0. The van der Waals surface area contributed by atoms with Crippen LogP contribution < -0.4 is 10.6 Å². The third kappa shape index (κ3) is 4.77. The first kappa shape index (κ1) is 17.4. The van der Waals surface area contributed by atoms with Gasteiger partial charge in [-0.2, -0.15) is 0 Å². The van der Waals surface area contributed by atoms with Gasteiger partial charge >= 0.3 is 5.97 Å². The average molecular weight is 328 g/mol. The number of anilines is 2. The Morgan fingerprint density at radius 1 is 1.17 bits per heavy atom. The van der Waals surface area contributed by atoms with Crippen LogP contribution in [0.5, 0.6) is 0 Å². The molecule has 0 unspecified atom stereocenters. The van der Waals surface area contributed by atoms with Crippen molar-refractivity contribution in [2.24, 2.45) is 5.92 Å². The van der Waals surface area contributed by atoms with Gasteiger partial charge in [-0.1, -0.05) is 19.9 Å². The highest BCUT2D eigenvalue weighted by Crippen LogP contribution is 2.16. The quantitative estimate of drug-likeness (QED) is 0.791. The van der Waals surface area contributed by atoms with E-state index in [1.54, 1.807) is 36.4 Å². The van der Waals surface area contributed by atoms with Crippen molar-refractivity contribution in [3.63, 3.8) is 0 Å². The first-order valence-electron chi connectivity index (χ1n) is 7.57. The Morgan fingerprint density at radius 3 is 2.58 bits per heavy atom. The lowest BCUT2D eigenvalue weighted by Gasteiger charge is -2.08. The van der Waals surface area contributed by atoms with Crippen LogP contribution >= 0.6 is 0 Å². The second kappa shape index (κ2) is 8.05. The number of nitrogens with zero attached hydrogens (tertiary/aromatic N) is 2. The number of carbonyl (C=O) groups is 2. The maximum Gasteiger partial charge on any atom is 0.337 e. The lowest BCUT2D eigenvalue weighted by Crippen LogP contribution is -2.28. The SMILES string of the molecule is COC(=O)c1cccc(Nc2ccc(C(=O)NCC(C)C)nn2)c1. The molecule has 2 N–H and O–H groups in total. The molecule has 0 radical (unpaired) electrons. The molecule has 0 aliphatic heterocycles. The molecule has 7 heteroatoms. The summed E-state index contributed by atoms with van der Waals surface area (Å²) in [5.74, 6) is 0.166. The lowest BCUT2D eigenvalue weighted by atomic mass is 10.2. The van der Waals surface area contributed by atoms with E-state index in [0.717, 1.165) is 0 Å². The van der Waals surface area contributed by atoms with Crippen molar-refractivity contribution in [3.8, 4) is 0 Å². The zero-order valence-electron chi connectivity index (χ0n) is 13.9. The van der Waals surface area contributed by atoms with Crippen LogP contribution in [0.4, 0.5) is 11.5 Å². The van der Waals surface area contributed by atoms with Gasteiger partial charge in [-0.3, -0.25) is 4.79 Å². The van der Waals surface area contributed by atoms with Crippen molar-refractivity contribution in [2.45, 2.75) is 13.8 Å². The Hall–Kier alpha value is -2.96. The second-order valence-corrected chi connectivity index (χ2v) is 5.61. The Kier molecular flexibility index (Phi) is 5.83. The molecular formula is C17H20N4O3. The number of ether oxygens (including phenoxy) is 1. The first-order valence-corrected chi connectivity index (χ1v) is 7.57. The number of benzene rings is 1. The van der Waals surface area contributed by atoms with Gasteiger partial charge in [-0.05, 0) is 36.2 Å². The molecule has 126 valence electrons. The first-order chi connectivity index (χ1) is 11.5. The standard InChI is InChI=1S/C17H20N4O3/c1-11(2)10-18-16(22)14-7-8-15(21-20-14)19-13-6-4-5-12(9-13)17(23)24-3/h4-9,11H,10H2,1-3H3,(H,18,22)(H,19,21). The number of esters is 1. The highest BCUT2D eigenvalue weighted by molar-refractivity contribution is 5.92. The molecule has 0 saturated carbocycles. The molecule has 0 bridgehead atoms. The molecule has 1 amide bonds. The third-order valence-corrected chi connectivity index (χ3v) is 3.12. The summed E-state index contributed by atoms with van der Waals surface area (Å²) in [6.45, 7) is 4.61. The topological polar surface area (TPSA) is 93.2 Å². The summed E-state index contributed by atoms with van der Waals surface area (Å²) in [6.07, 6.45) is 0. The molecule has 7 nitrogen and oxygen atoms in total. The molecule has 1 aromatic heterocycles. The van der Waals surface area contributed by atoms with Crippen LogP contribution in [-0.4, -0.2) is 35.7 Å². The minimum Gasteiger partial charge on any atom is -0.465 e. The van der Waals surface area contributed by atoms with E-state index in [2.05, 4.69) is 25.6 Å². The third-order valence-electron chi connectivity index (χ3n) is 3.12.